The van der Waals surface area contributed by atoms with E-state index in [-0.39, 0.29) is 11.4 Å². The van der Waals surface area contributed by atoms with Crippen molar-refractivity contribution in [3.8, 4) is 0 Å². The lowest BCUT2D eigenvalue weighted by molar-refractivity contribution is 0.101. The van der Waals surface area contributed by atoms with E-state index in [1.807, 2.05) is 0 Å². The van der Waals surface area contributed by atoms with Crippen molar-refractivity contribution >= 4 is 17.3 Å². The van der Waals surface area contributed by atoms with Crippen LogP contribution in [-0.2, 0) is 0 Å². The largest absolute Gasteiger partial charge is 0.399 e. The lowest BCUT2D eigenvalue weighted by Gasteiger charge is -2.04. The Bertz CT molecular complexity index is 511. The van der Waals surface area contributed by atoms with Gasteiger partial charge in [-0.05, 0) is 18.2 Å². The quantitative estimate of drug-likeness (QED) is 0.755. The zero-order valence-electron chi connectivity index (χ0n) is 8.11. The van der Waals surface area contributed by atoms with Crippen molar-refractivity contribution in [3.05, 3.63) is 42.0 Å². The number of nitrogen functional groups attached to an aromatic ring is 1. The molecule has 0 spiro atoms. The second kappa shape index (κ2) is 4.01. The van der Waals surface area contributed by atoms with Crippen LogP contribution >= 0.6 is 0 Å². The molecule has 1 aromatic heterocycles. The summed E-state index contributed by atoms with van der Waals surface area (Å²) in [5.74, 6) is -1.12. The summed E-state index contributed by atoms with van der Waals surface area (Å²) in [6.45, 7) is 0. The summed E-state index contributed by atoms with van der Waals surface area (Å²) in [4.78, 5) is 11.5. The Kier molecular flexibility index (Phi) is 2.55. The van der Waals surface area contributed by atoms with Crippen LogP contribution in [0.5, 0.6) is 0 Å². The molecule has 0 unspecified atom stereocenters. The molecule has 2 rings (SSSR count). The van der Waals surface area contributed by atoms with Gasteiger partial charge in [-0.3, -0.25) is 4.79 Å². The molecule has 1 heterocycles. The first-order valence-corrected chi connectivity index (χ1v) is 4.43. The molecule has 0 bridgehead atoms. The Morgan fingerprint density at radius 2 is 2.25 bits per heavy atom. The second-order valence-electron chi connectivity index (χ2n) is 3.08. The molecule has 0 saturated carbocycles. The number of aromatic nitrogens is 1. The van der Waals surface area contributed by atoms with Gasteiger partial charge in [-0.2, -0.15) is 0 Å². The Labute approximate surface area is 90.0 Å². The van der Waals surface area contributed by atoms with Crippen LogP contribution in [0, 0.1) is 5.82 Å². The van der Waals surface area contributed by atoms with Crippen molar-refractivity contribution in [1.82, 2.24) is 5.16 Å². The molecule has 0 aliphatic carbocycles. The molecule has 0 aliphatic rings. The summed E-state index contributed by atoms with van der Waals surface area (Å²) >= 11 is 0. The average Bonchev–Trinajstić information content (AvgIpc) is 2.76. The number of amides is 1. The molecule has 6 heteroatoms. The van der Waals surface area contributed by atoms with Crippen LogP contribution in [0.1, 0.15) is 10.5 Å². The van der Waals surface area contributed by atoms with E-state index < -0.39 is 11.7 Å². The molecule has 2 aromatic rings. The second-order valence-corrected chi connectivity index (χ2v) is 3.08. The molecular formula is C10H8FN3O2. The van der Waals surface area contributed by atoms with Gasteiger partial charge in [0.25, 0.3) is 5.91 Å². The van der Waals surface area contributed by atoms with Crippen LogP contribution in [0.4, 0.5) is 15.8 Å². The number of nitrogens with two attached hydrogens (primary N) is 1. The maximum Gasteiger partial charge on any atom is 0.277 e. The Morgan fingerprint density at radius 3 is 2.94 bits per heavy atom. The van der Waals surface area contributed by atoms with Crippen LogP contribution in [0.25, 0.3) is 0 Å². The highest BCUT2D eigenvalue weighted by Gasteiger charge is 2.11. The standard InChI is InChI=1S/C10H8FN3O2/c11-7-2-1-6(12)5-9(7)13-10(15)8-3-4-16-14-8/h1-5H,12H2,(H,13,15). The van der Waals surface area contributed by atoms with Gasteiger partial charge in [-0.15, -0.1) is 0 Å². The normalized spacial score (nSPS) is 10.1. The number of carbonyl (C=O) groups excluding carboxylic acids is 1. The number of hydrogen-bond acceptors (Lipinski definition) is 4. The molecule has 1 aromatic carbocycles. The predicted octanol–water partition coefficient (Wildman–Crippen LogP) is 1.65. The van der Waals surface area contributed by atoms with Gasteiger partial charge in [0.2, 0.25) is 0 Å². The lowest BCUT2D eigenvalue weighted by Crippen LogP contribution is -2.13. The third kappa shape index (κ3) is 2.00. The molecule has 0 saturated heterocycles. The number of nitrogens with zero attached hydrogens (tertiary/aromatic N) is 1. The SMILES string of the molecule is Nc1ccc(F)c(NC(=O)c2ccon2)c1. The molecule has 16 heavy (non-hydrogen) atoms. The minimum atomic E-state index is -0.564. The maximum atomic E-state index is 13.3. The minimum absolute atomic E-state index is 0.00741. The van der Waals surface area contributed by atoms with E-state index in [4.69, 9.17) is 5.73 Å². The number of halogens is 1. The number of benzene rings is 1. The van der Waals surface area contributed by atoms with Crippen molar-refractivity contribution < 1.29 is 13.7 Å². The van der Waals surface area contributed by atoms with Crippen LogP contribution < -0.4 is 11.1 Å². The third-order valence-electron chi connectivity index (χ3n) is 1.91. The van der Waals surface area contributed by atoms with E-state index in [9.17, 15) is 9.18 Å². The fourth-order valence-corrected chi connectivity index (χ4v) is 1.15. The average molecular weight is 221 g/mol. The van der Waals surface area contributed by atoms with E-state index >= 15 is 0 Å². The molecule has 3 N–H and O–H groups in total. The van der Waals surface area contributed by atoms with Gasteiger partial charge in [0.1, 0.15) is 12.1 Å². The van der Waals surface area contributed by atoms with Gasteiger partial charge in [-0.25, -0.2) is 4.39 Å². The van der Waals surface area contributed by atoms with Gasteiger partial charge in [-0.1, -0.05) is 5.16 Å². The van der Waals surface area contributed by atoms with Gasteiger partial charge < -0.3 is 15.6 Å². The summed E-state index contributed by atoms with van der Waals surface area (Å²) in [6, 6.07) is 5.28. The van der Waals surface area contributed by atoms with Crippen molar-refractivity contribution in [2.24, 2.45) is 0 Å². The van der Waals surface area contributed by atoms with Gasteiger partial charge in [0.15, 0.2) is 5.69 Å². The summed E-state index contributed by atoms with van der Waals surface area (Å²) in [7, 11) is 0. The number of anilines is 2. The Hall–Kier alpha value is -2.37. The van der Waals surface area contributed by atoms with Crippen LogP contribution in [0.2, 0.25) is 0 Å². The number of carbonyl (C=O) groups is 1. The van der Waals surface area contributed by atoms with Crippen molar-refractivity contribution in [3.63, 3.8) is 0 Å². The molecule has 1 amide bonds. The fourth-order valence-electron chi connectivity index (χ4n) is 1.15. The first-order valence-electron chi connectivity index (χ1n) is 4.43. The highest BCUT2D eigenvalue weighted by Crippen LogP contribution is 2.17. The highest BCUT2D eigenvalue weighted by atomic mass is 19.1. The van der Waals surface area contributed by atoms with Crippen LogP contribution in [-0.4, -0.2) is 11.1 Å². The highest BCUT2D eigenvalue weighted by molar-refractivity contribution is 6.02. The fraction of sp³-hybridized carbons (Fsp3) is 0. The van der Waals surface area contributed by atoms with E-state index in [0.717, 1.165) is 0 Å². The summed E-state index contributed by atoms with van der Waals surface area (Å²) in [5.41, 5.74) is 5.91. The van der Waals surface area contributed by atoms with E-state index in [1.165, 1.54) is 30.5 Å². The Balaban J connectivity index is 2.21. The van der Waals surface area contributed by atoms with Gasteiger partial charge in [0, 0.05) is 11.8 Å². The first kappa shape index (κ1) is 10.2. The van der Waals surface area contributed by atoms with Crippen molar-refractivity contribution in [2.75, 3.05) is 11.1 Å². The summed E-state index contributed by atoms with van der Waals surface area (Å²) < 4.78 is 17.8. The van der Waals surface area contributed by atoms with E-state index in [0.29, 0.717) is 5.69 Å². The molecule has 82 valence electrons. The van der Waals surface area contributed by atoms with Crippen molar-refractivity contribution in [2.45, 2.75) is 0 Å². The molecule has 0 radical (unpaired) electrons. The number of hydrogen-bond donors (Lipinski definition) is 2. The maximum absolute atomic E-state index is 13.3. The smallest absolute Gasteiger partial charge is 0.277 e. The zero-order chi connectivity index (χ0) is 11.5. The van der Waals surface area contributed by atoms with Crippen LogP contribution in [0.15, 0.2) is 35.1 Å². The van der Waals surface area contributed by atoms with E-state index in [1.54, 1.807) is 0 Å². The zero-order valence-corrected chi connectivity index (χ0v) is 8.11. The molecule has 0 aliphatic heterocycles. The monoisotopic (exact) mass is 221 g/mol. The third-order valence-corrected chi connectivity index (χ3v) is 1.91. The molecule has 0 atom stereocenters. The lowest BCUT2D eigenvalue weighted by atomic mass is 10.2. The topological polar surface area (TPSA) is 81.1 Å². The molecule has 5 nitrogen and oxygen atoms in total. The molecule has 0 fully saturated rings. The Morgan fingerprint density at radius 1 is 1.44 bits per heavy atom. The first-order chi connectivity index (χ1) is 7.66. The summed E-state index contributed by atoms with van der Waals surface area (Å²) in [6.07, 6.45) is 1.25. The minimum Gasteiger partial charge on any atom is -0.399 e. The molecular weight excluding hydrogens is 213 g/mol. The number of rotatable bonds is 2. The van der Waals surface area contributed by atoms with Crippen molar-refractivity contribution in [1.29, 1.82) is 0 Å². The van der Waals surface area contributed by atoms with Gasteiger partial charge >= 0.3 is 0 Å². The number of nitrogens with one attached hydrogen (secondary N) is 1. The van der Waals surface area contributed by atoms with E-state index in [2.05, 4.69) is 15.0 Å². The van der Waals surface area contributed by atoms with Gasteiger partial charge in [0.05, 0.1) is 5.69 Å². The summed E-state index contributed by atoms with van der Waals surface area (Å²) in [5, 5.41) is 5.76. The predicted molar refractivity (Wildman–Crippen MR) is 55.3 cm³/mol. The van der Waals surface area contributed by atoms with Crippen LogP contribution in [0.3, 0.4) is 0 Å².